The number of sulfonamides is 1. The minimum absolute atomic E-state index is 0.0173. The number of aryl methyl sites for hydroxylation is 1. The summed E-state index contributed by atoms with van der Waals surface area (Å²) in [6, 6.07) is 10.3. The van der Waals surface area contributed by atoms with Gasteiger partial charge in [-0.2, -0.15) is 4.31 Å². The second-order valence-electron chi connectivity index (χ2n) is 9.76. The number of carbonyl (C=O) groups is 1. The molecule has 2 aliphatic rings. The van der Waals surface area contributed by atoms with Gasteiger partial charge in [0.2, 0.25) is 10.0 Å². The van der Waals surface area contributed by atoms with E-state index in [4.69, 9.17) is 9.84 Å². The van der Waals surface area contributed by atoms with Gasteiger partial charge in [0.1, 0.15) is 22.9 Å². The molecule has 1 saturated heterocycles. The van der Waals surface area contributed by atoms with Crippen molar-refractivity contribution in [2.75, 3.05) is 26.3 Å². The second-order valence-corrected chi connectivity index (χ2v) is 11.6. The van der Waals surface area contributed by atoms with Gasteiger partial charge in [0, 0.05) is 30.5 Å². The van der Waals surface area contributed by atoms with E-state index in [1.54, 1.807) is 18.2 Å². The largest absolute Gasteiger partial charge is 0.573 e. The number of alkyl halides is 3. The number of benzene rings is 2. The molecule has 41 heavy (non-hydrogen) atoms. The molecule has 0 aromatic heterocycles. The van der Waals surface area contributed by atoms with Gasteiger partial charge in [0.15, 0.2) is 0 Å². The third-order valence-corrected chi connectivity index (χ3v) is 8.40. The van der Waals surface area contributed by atoms with Crippen LogP contribution < -0.4 is 14.8 Å². The van der Waals surface area contributed by atoms with Crippen molar-refractivity contribution < 1.29 is 46.1 Å². The van der Waals surface area contributed by atoms with E-state index in [1.165, 1.54) is 22.5 Å². The molecule has 10 nitrogen and oxygen atoms in total. The van der Waals surface area contributed by atoms with Crippen LogP contribution in [0, 0.1) is 6.92 Å². The van der Waals surface area contributed by atoms with Crippen LogP contribution in [0.2, 0.25) is 0 Å². The van der Waals surface area contributed by atoms with Gasteiger partial charge in [-0.1, -0.05) is 18.2 Å². The molecule has 3 N–H and O–H groups in total. The van der Waals surface area contributed by atoms with E-state index in [0.717, 1.165) is 23.1 Å². The Morgan fingerprint density at radius 1 is 1.17 bits per heavy atom. The van der Waals surface area contributed by atoms with Crippen LogP contribution in [-0.2, 0) is 14.8 Å². The average molecular weight is 598 g/mol. The topological polar surface area (TPSA) is 138 Å². The number of ether oxygens (including phenoxy) is 2. The van der Waals surface area contributed by atoms with Crippen LogP contribution in [-0.4, -0.2) is 79.0 Å². The lowest BCUT2D eigenvalue weighted by Gasteiger charge is -2.34. The zero-order valence-corrected chi connectivity index (χ0v) is 22.9. The molecule has 14 heteroatoms. The van der Waals surface area contributed by atoms with Gasteiger partial charge >= 0.3 is 6.36 Å². The Bertz CT molecular complexity index is 1440. The first-order valence-corrected chi connectivity index (χ1v) is 14.3. The van der Waals surface area contributed by atoms with Gasteiger partial charge in [-0.25, -0.2) is 8.42 Å². The molecule has 1 fully saturated rings. The fraction of sp³-hybridized carbons (Fsp3) is 0.407. The van der Waals surface area contributed by atoms with E-state index < -0.39 is 39.7 Å². The average Bonchev–Trinajstić information content (AvgIpc) is 3.23. The van der Waals surface area contributed by atoms with Crippen LogP contribution in [0.15, 0.2) is 52.9 Å². The molecule has 4 rings (SSSR count). The Balaban J connectivity index is 1.41. The van der Waals surface area contributed by atoms with Crippen LogP contribution in [0.25, 0.3) is 6.08 Å². The van der Waals surface area contributed by atoms with E-state index in [2.05, 4.69) is 15.0 Å². The Labute approximate surface area is 235 Å². The quantitative estimate of drug-likeness (QED) is 0.383. The smallest absolute Gasteiger partial charge is 0.493 e. The molecule has 2 aromatic rings. The molecule has 1 amide bonds. The Kier molecular flexibility index (Phi) is 9.07. The lowest BCUT2D eigenvalue weighted by Crippen LogP contribution is -2.50. The number of aliphatic hydroxyl groups is 2. The van der Waals surface area contributed by atoms with Crippen LogP contribution >= 0.6 is 0 Å². The number of aliphatic imine (C=N–C) groups is 1. The Morgan fingerprint density at radius 2 is 1.90 bits per heavy atom. The number of nitrogens with zero attached hydrogens (tertiary/aromatic N) is 2. The summed E-state index contributed by atoms with van der Waals surface area (Å²) >= 11 is 0. The number of rotatable bonds is 10. The number of hydrogen-bond acceptors (Lipinski definition) is 8. The SMILES string of the molecule is Cc1ccc(OCCC(O)CO)cc1/C=C/S(=O)(=O)N1CCC2(CC1)N=C(c1cccc(OC(F)(F)F)c1)NC2=O. The molecule has 222 valence electrons. The molecule has 0 radical (unpaired) electrons. The first kappa shape index (κ1) is 30.5. The van der Waals surface area contributed by atoms with E-state index in [1.807, 2.05) is 6.92 Å². The summed E-state index contributed by atoms with van der Waals surface area (Å²) in [6.07, 6.45) is -3.87. The number of nitrogens with one attached hydrogen (secondary N) is 1. The molecule has 1 unspecified atom stereocenters. The van der Waals surface area contributed by atoms with Crippen molar-refractivity contribution in [1.29, 1.82) is 0 Å². The number of carbonyl (C=O) groups excluding carboxylic acids is 1. The fourth-order valence-electron chi connectivity index (χ4n) is 4.48. The zero-order valence-electron chi connectivity index (χ0n) is 22.1. The highest BCUT2D eigenvalue weighted by Crippen LogP contribution is 2.33. The highest BCUT2D eigenvalue weighted by molar-refractivity contribution is 7.92. The summed E-state index contributed by atoms with van der Waals surface area (Å²) in [5.74, 6) is -0.314. The number of piperidine rings is 1. The molecule has 1 spiro atoms. The first-order chi connectivity index (χ1) is 19.3. The number of amidine groups is 1. The maximum atomic E-state index is 13.1. The lowest BCUT2D eigenvalue weighted by atomic mass is 9.89. The standard InChI is InChI=1S/C27H30F3N3O7S/c1-18-5-6-22(39-13-7-21(35)17-34)15-19(18)8-14-41(37,38)33-11-9-26(10-12-33)25(36)31-24(32-26)20-3-2-4-23(16-20)40-27(28,29)30/h2-6,8,14-16,21,34-35H,7,9-13,17H2,1H3,(H,31,32,36)/b14-8+. The Morgan fingerprint density at radius 3 is 2.59 bits per heavy atom. The predicted molar refractivity (Wildman–Crippen MR) is 144 cm³/mol. The Hall–Kier alpha value is -3.46. The monoisotopic (exact) mass is 597 g/mol. The molecule has 2 aliphatic heterocycles. The number of halogens is 3. The third kappa shape index (κ3) is 7.64. The van der Waals surface area contributed by atoms with Gasteiger partial charge in [0.25, 0.3) is 5.91 Å². The molecule has 0 aliphatic carbocycles. The zero-order chi connectivity index (χ0) is 29.8. The van der Waals surface area contributed by atoms with Gasteiger partial charge in [-0.15, -0.1) is 13.2 Å². The molecule has 2 aromatic carbocycles. The third-order valence-electron chi connectivity index (χ3n) is 6.83. The fourth-order valence-corrected chi connectivity index (χ4v) is 5.66. The lowest BCUT2D eigenvalue weighted by molar-refractivity contribution is -0.274. The highest BCUT2D eigenvalue weighted by Gasteiger charge is 2.47. The number of aliphatic hydroxyl groups excluding tert-OH is 2. The maximum absolute atomic E-state index is 13.1. The summed E-state index contributed by atoms with van der Waals surface area (Å²) in [5, 5.41) is 22.0. The molecule has 2 heterocycles. The van der Waals surface area contributed by atoms with Crippen molar-refractivity contribution in [3.63, 3.8) is 0 Å². The van der Waals surface area contributed by atoms with E-state index >= 15 is 0 Å². The first-order valence-electron chi connectivity index (χ1n) is 12.8. The summed E-state index contributed by atoms with van der Waals surface area (Å²) < 4.78 is 74.7. The molecule has 0 bridgehead atoms. The van der Waals surface area contributed by atoms with Crippen molar-refractivity contribution >= 4 is 27.8 Å². The van der Waals surface area contributed by atoms with Crippen molar-refractivity contribution in [3.8, 4) is 11.5 Å². The van der Waals surface area contributed by atoms with E-state index in [0.29, 0.717) is 11.3 Å². The van der Waals surface area contributed by atoms with Crippen LogP contribution in [0.3, 0.4) is 0 Å². The van der Waals surface area contributed by atoms with Gasteiger partial charge in [-0.05, 0) is 61.2 Å². The maximum Gasteiger partial charge on any atom is 0.573 e. The number of amides is 1. The van der Waals surface area contributed by atoms with Crippen LogP contribution in [0.4, 0.5) is 13.2 Å². The molecule has 1 atom stereocenters. The van der Waals surface area contributed by atoms with Crippen molar-refractivity contribution in [2.45, 2.75) is 44.2 Å². The predicted octanol–water partition coefficient (Wildman–Crippen LogP) is 2.73. The van der Waals surface area contributed by atoms with Crippen molar-refractivity contribution in [1.82, 2.24) is 9.62 Å². The van der Waals surface area contributed by atoms with Crippen molar-refractivity contribution in [3.05, 3.63) is 64.6 Å². The van der Waals surface area contributed by atoms with Gasteiger partial charge in [0.05, 0.1) is 19.3 Å². The minimum atomic E-state index is -4.87. The second kappa shape index (κ2) is 12.2. The minimum Gasteiger partial charge on any atom is -0.493 e. The van der Waals surface area contributed by atoms with Crippen LogP contribution in [0.5, 0.6) is 11.5 Å². The van der Waals surface area contributed by atoms with Crippen LogP contribution in [0.1, 0.15) is 36.0 Å². The van der Waals surface area contributed by atoms with Gasteiger partial charge in [-0.3, -0.25) is 9.79 Å². The number of hydrogen-bond donors (Lipinski definition) is 3. The normalized spacial score (nSPS) is 18.4. The molecule has 0 saturated carbocycles. The highest BCUT2D eigenvalue weighted by atomic mass is 32.2. The summed E-state index contributed by atoms with van der Waals surface area (Å²) in [6.45, 7) is 1.65. The molecular formula is C27H30F3N3O7S. The summed E-state index contributed by atoms with van der Waals surface area (Å²) in [4.78, 5) is 17.3. The summed E-state index contributed by atoms with van der Waals surface area (Å²) in [5.41, 5.74) is 0.438. The van der Waals surface area contributed by atoms with Crippen molar-refractivity contribution in [2.24, 2.45) is 4.99 Å². The summed E-state index contributed by atoms with van der Waals surface area (Å²) in [7, 11) is -3.85. The molecular weight excluding hydrogens is 567 g/mol. The van der Waals surface area contributed by atoms with E-state index in [9.17, 15) is 31.5 Å². The van der Waals surface area contributed by atoms with Gasteiger partial charge < -0.3 is 25.0 Å². The van der Waals surface area contributed by atoms with E-state index in [-0.39, 0.29) is 57.0 Å².